The lowest BCUT2D eigenvalue weighted by atomic mass is 10.1. The Bertz CT molecular complexity index is 646. The highest BCUT2D eigenvalue weighted by Gasteiger charge is 2.00. The van der Waals surface area contributed by atoms with Crippen molar-refractivity contribution in [1.82, 2.24) is 0 Å². The molecule has 0 aliphatic heterocycles. The molecular weight excluding hydrogens is 260 g/mol. The third-order valence-corrected chi connectivity index (χ3v) is 3.15. The van der Waals surface area contributed by atoms with Gasteiger partial charge < -0.3 is 9.84 Å². The van der Waals surface area contributed by atoms with Gasteiger partial charge in [-0.2, -0.15) is 0 Å². The first-order valence-corrected chi connectivity index (χ1v) is 7.08. The summed E-state index contributed by atoms with van der Waals surface area (Å²) in [5, 5.41) is 8.69. The van der Waals surface area contributed by atoms with Crippen molar-refractivity contribution in [3.05, 3.63) is 64.7 Å². The molecule has 0 spiro atoms. The summed E-state index contributed by atoms with van der Waals surface area (Å²) in [6.45, 7) is 4.79. The molecule has 2 nitrogen and oxygen atoms in total. The molecule has 0 bridgehead atoms. The number of ether oxygens (including phenoxy) is 1. The fourth-order valence-corrected chi connectivity index (χ4v) is 2.03. The van der Waals surface area contributed by atoms with Gasteiger partial charge in [-0.1, -0.05) is 41.7 Å². The highest BCUT2D eigenvalue weighted by Crippen LogP contribution is 2.20. The van der Waals surface area contributed by atoms with E-state index in [4.69, 9.17) is 9.84 Å². The van der Waals surface area contributed by atoms with Gasteiger partial charge in [0, 0.05) is 12.0 Å². The second-order valence-electron chi connectivity index (χ2n) is 5.03. The minimum absolute atomic E-state index is 0.106. The molecule has 0 heterocycles. The second kappa shape index (κ2) is 7.52. The van der Waals surface area contributed by atoms with Crippen LogP contribution in [-0.2, 0) is 6.61 Å². The van der Waals surface area contributed by atoms with Crippen LogP contribution in [0.3, 0.4) is 0 Å². The van der Waals surface area contributed by atoms with E-state index < -0.39 is 0 Å². The van der Waals surface area contributed by atoms with E-state index in [1.807, 2.05) is 30.3 Å². The first-order valence-electron chi connectivity index (χ1n) is 7.08. The van der Waals surface area contributed by atoms with E-state index in [9.17, 15) is 0 Å². The van der Waals surface area contributed by atoms with Crippen LogP contribution in [0.5, 0.6) is 5.75 Å². The average Bonchev–Trinajstić information content (AvgIpc) is 2.48. The molecular formula is C19H20O2. The van der Waals surface area contributed by atoms with Crippen molar-refractivity contribution < 1.29 is 9.84 Å². The van der Waals surface area contributed by atoms with E-state index in [2.05, 4.69) is 37.8 Å². The molecule has 0 aromatic heterocycles. The SMILES string of the molecule is Cc1ccc(OCc2ccc(C#CCCO)cc2)c(C)c1. The number of rotatable bonds is 4. The van der Waals surface area contributed by atoms with Gasteiger partial charge in [0.25, 0.3) is 0 Å². The molecule has 2 aromatic rings. The summed E-state index contributed by atoms with van der Waals surface area (Å²) in [4.78, 5) is 0. The molecule has 0 atom stereocenters. The molecule has 1 N–H and O–H groups in total. The molecule has 2 aromatic carbocycles. The molecule has 21 heavy (non-hydrogen) atoms. The topological polar surface area (TPSA) is 29.5 Å². The third-order valence-electron chi connectivity index (χ3n) is 3.15. The van der Waals surface area contributed by atoms with Gasteiger partial charge in [0.15, 0.2) is 0 Å². The van der Waals surface area contributed by atoms with Crippen LogP contribution in [0.1, 0.15) is 28.7 Å². The van der Waals surface area contributed by atoms with Gasteiger partial charge >= 0.3 is 0 Å². The van der Waals surface area contributed by atoms with Crippen LogP contribution >= 0.6 is 0 Å². The van der Waals surface area contributed by atoms with Crippen molar-refractivity contribution in [1.29, 1.82) is 0 Å². The highest BCUT2D eigenvalue weighted by atomic mass is 16.5. The summed E-state index contributed by atoms with van der Waals surface area (Å²) in [6, 6.07) is 14.2. The maximum atomic E-state index is 8.69. The number of hydrogen-bond acceptors (Lipinski definition) is 2. The molecule has 108 valence electrons. The first-order chi connectivity index (χ1) is 10.2. The number of benzene rings is 2. The monoisotopic (exact) mass is 280 g/mol. The lowest BCUT2D eigenvalue weighted by molar-refractivity contribution is 0.304. The summed E-state index contributed by atoms with van der Waals surface area (Å²) >= 11 is 0. The minimum atomic E-state index is 0.106. The van der Waals surface area contributed by atoms with Crippen LogP contribution in [0.15, 0.2) is 42.5 Å². The summed E-state index contributed by atoms with van der Waals surface area (Å²) in [7, 11) is 0. The van der Waals surface area contributed by atoms with Crippen LogP contribution in [0.2, 0.25) is 0 Å². The van der Waals surface area contributed by atoms with E-state index in [-0.39, 0.29) is 6.61 Å². The van der Waals surface area contributed by atoms with E-state index in [1.54, 1.807) is 0 Å². The average molecular weight is 280 g/mol. The lowest BCUT2D eigenvalue weighted by Crippen LogP contribution is -1.97. The Balaban J connectivity index is 1.96. The van der Waals surface area contributed by atoms with Gasteiger partial charge in [0.05, 0.1) is 6.61 Å². The Morgan fingerprint density at radius 1 is 1.05 bits per heavy atom. The molecule has 0 fully saturated rings. The Hall–Kier alpha value is -2.24. The molecule has 0 saturated carbocycles. The summed E-state index contributed by atoms with van der Waals surface area (Å²) < 4.78 is 5.85. The van der Waals surface area contributed by atoms with Crippen molar-refractivity contribution in [2.75, 3.05) is 6.61 Å². The molecule has 0 amide bonds. The molecule has 0 saturated heterocycles. The van der Waals surface area contributed by atoms with E-state index >= 15 is 0 Å². The predicted molar refractivity (Wildman–Crippen MR) is 85.3 cm³/mol. The van der Waals surface area contributed by atoms with Crippen molar-refractivity contribution in [3.63, 3.8) is 0 Å². The van der Waals surface area contributed by atoms with E-state index in [1.165, 1.54) is 5.56 Å². The summed E-state index contributed by atoms with van der Waals surface area (Å²) in [6.07, 6.45) is 0.511. The number of aliphatic hydroxyl groups is 1. The van der Waals surface area contributed by atoms with Crippen LogP contribution in [-0.4, -0.2) is 11.7 Å². The van der Waals surface area contributed by atoms with E-state index in [0.29, 0.717) is 13.0 Å². The molecule has 0 radical (unpaired) electrons. The Kier molecular flexibility index (Phi) is 5.43. The van der Waals surface area contributed by atoms with Gasteiger partial charge in [-0.3, -0.25) is 0 Å². The van der Waals surface area contributed by atoms with Gasteiger partial charge in [-0.05, 0) is 43.2 Å². The number of hydrogen-bond donors (Lipinski definition) is 1. The smallest absolute Gasteiger partial charge is 0.122 e. The largest absolute Gasteiger partial charge is 0.489 e. The maximum absolute atomic E-state index is 8.69. The van der Waals surface area contributed by atoms with Crippen molar-refractivity contribution in [2.45, 2.75) is 26.9 Å². The summed E-state index contributed by atoms with van der Waals surface area (Å²) in [5.41, 5.74) is 4.47. The van der Waals surface area contributed by atoms with Gasteiger partial charge in [-0.15, -0.1) is 0 Å². The normalized spacial score (nSPS) is 9.86. The maximum Gasteiger partial charge on any atom is 0.122 e. The molecule has 0 aliphatic rings. The standard InChI is InChI=1S/C19H20O2/c1-15-6-11-19(16(2)13-15)21-14-18-9-7-17(8-10-18)5-3-4-12-20/h6-11,13,20H,4,12,14H2,1-2H3. The molecule has 0 aliphatic carbocycles. The van der Waals surface area contributed by atoms with Crippen LogP contribution < -0.4 is 4.74 Å². The minimum Gasteiger partial charge on any atom is -0.489 e. The van der Waals surface area contributed by atoms with Crippen LogP contribution in [0.25, 0.3) is 0 Å². The zero-order valence-corrected chi connectivity index (χ0v) is 12.5. The predicted octanol–water partition coefficient (Wildman–Crippen LogP) is 3.62. The zero-order chi connectivity index (χ0) is 15.1. The highest BCUT2D eigenvalue weighted by molar-refractivity contribution is 5.37. The van der Waals surface area contributed by atoms with Crippen LogP contribution in [0.4, 0.5) is 0 Å². The van der Waals surface area contributed by atoms with Gasteiger partial charge in [0.1, 0.15) is 12.4 Å². The van der Waals surface area contributed by atoms with Gasteiger partial charge in [0.2, 0.25) is 0 Å². The summed E-state index contributed by atoms with van der Waals surface area (Å²) in [5.74, 6) is 6.84. The van der Waals surface area contributed by atoms with Crippen molar-refractivity contribution in [2.24, 2.45) is 0 Å². The fraction of sp³-hybridized carbons (Fsp3) is 0.263. The van der Waals surface area contributed by atoms with Crippen LogP contribution in [0, 0.1) is 25.7 Å². The zero-order valence-electron chi connectivity index (χ0n) is 12.5. The van der Waals surface area contributed by atoms with E-state index in [0.717, 1.165) is 22.4 Å². The lowest BCUT2D eigenvalue weighted by Gasteiger charge is -2.09. The van der Waals surface area contributed by atoms with Crippen molar-refractivity contribution >= 4 is 0 Å². The fourth-order valence-electron chi connectivity index (χ4n) is 2.03. The van der Waals surface area contributed by atoms with Gasteiger partial charge in [-0.25, -0.2) is 0 Å². The Morgan fingerprint density at radius 2 is 1.81 bits per heavy atom. The number of aliphatic hydroxyl groups excluding tert-OH is 1. The second-order valence-corrected chi connectivity index (χ2v) is 5.03. The molecule has 0 unspecified atom stereocenters. The number of aryl methyl sites for hydroxylation is 2. The quantitative estimate of drug-likeness (QED) is 0.867. The molecule has 2 rings (SSSR count). The Morgan fingerprint density at radius 3 is 2.48 bits per heavy atom. The Labute approximate surface area is 126 Å². The third kappa shape index (κ3) is 4.66. The van der Waals surface area contributed by atoms with Crippen molar-refractivity contribution in [3.8, 4) is 17.6 Å². The molecule has 2 heteroatoms. The first kappa shape index (κ1) is 15.2.